The normalized spacial score (nSPS) is 14.7. The van der Waals surface area contributed by atoms with Crippen molar-refractivity contribution < 1.29 is 75.8 Å². The number of unbranched alkanes of at least 4 members (excludes halogenated alkanes) is 29. The molecule has 18 heteroatoms. The Labute approximate surface area is 540 Å². The molecule has 0 aromatic heterocycles. The molecule has 0 radical (unpaired) electrons. The molecule has 0 amide bonds. The van der Waals surface area contributed by atoms with Gasteiger partial charge in [0.1, 0.15) is 25.4 Å². The Balaban J connectivity index is 4.30. The first kappa shape index (κ1) is 85.7. The predicted octanol–water partition coefficient (Wildman–Crippen LogP) is 19.3. The summed E-state index contributed by atoms with van der Waals surface area (Å²) in [5.74, 6) is -1.59. The molecule has 0 aromatic rings. The fourth-order valence-corrected chi connectivity index (χ4v) is 10.8. The van der Waals surface area contributed by atoms with Gasteiger partial charge in [-0.25, -0.2) is 9.13 Å². The van der Waals surface area contributed by atoms with Crippen molar-refractivity contribution in [1.82, 2.24) is 0 Å². The van der Waals surface area contributed by atoms with Crippen LogP contribution in [0, 0.1) is 0 Å². The van der Waals surface area contributed by atoms with Gasteiger partial charge in [0, 0.05) is 19.3 Å². The number of phosphoric ester groups is 2. The maximum Gasteiger partial charge on any atom is 0.472 e. The van der Waals surface area contributed by atoms with Crippen LogP contribution < -0.4 is 0 Å². The van der Waals surface area contributed by atoms with E-state index in [1.54, 1.807) is 0 Å². The van der Waals surface area contributed by atoms with Crippen molar-refractivity contribution in [3.63, 3.8) is 0 Å². The average Bonchev–Trinajstić information content (AvgIpc) is 3.66. The number of ether oxygens (including phenoxy) is 3. The van der Waals surface area contributed by atoms with Gasteiger partial charge in [-0.15, -0.1) is 0 Å². The van der Waals surface area contributed by atoms with Crippen LogP contribution in [-0.4, -0.2) is 95.9 Å². The van der Waals surface area contributed by atoms with Gasteiger partial charge in [0.2, 0.25) is 0 Å². The summed E-state index contributed by atoms with van der Waals surface area (Å²) >= 11 is 0. The van der Waals surface area contributed by atoms with Crippen LogP contribution in [0.4, 0.5) is 0 Å². The van der Waals surface area contributed by atoms with E-state index in [0.29, 0.717) is 19.3 Å². The average molecular weight is 1300 g/mol. The van der Waals surface area contributed by atoms with E-state index in [4.69, 9.17) is 32.3 Å². The van der Waals surface area contributed by atoms with Gasteiger partial charge in [-0.2, -0.15) is 0 Å². The predicted molar refractivity (Wildman–Crippen MR) is 362 cm³/mol. The second-order valence-corrected chi connectivity index (χ2v) is 26.2. The minimum absolute atomic E-state index is 0.0945. The Bertz CT molecular complexity index is 1970. The molecule has 16 nitrogen and oxygen atoms in total. The molecule has 4 N–H and O–H groups in total. The lowest BCUT2D eigenvalue weighted by Crippen LogP contribution is -2.30. The lowest BCUT2D eigenvalue weighted by Gasteiger charge is -2.21. The van der Waals surface area contributed by atoms with Gasteiger partial charge < -0.3 is 34.2 Å². The molecule has 0 aromatic carbocycles. The maximum atomic E-state index is 12.8. The van der Waals surface area contributed by atoms with Gasteiger partial charge >= 0.3 is 33.6 Å². The SMILES string of the molecule is CC/C=C\C/C=C\C/C=C\C/C=C\C/C=C\CCCCCCCCCCCCCCCCCC(=O)OCC(O)COP(=O)(O)OCC(O)COP(=O)(O)OCC(COC(=O)CCCCCCC/C=C\CCCC)OC(=O)CCCCCCC/C=C\CCCC. The smallest absolute Gasteiger partial charge is 0.463 e. The van der Waals surface area contributed by atoms with Crippen molar-refractivity contribution in [1.29, 1.82) is 0 Å². The number of hydrogen-bond donors (Lipinski definition) is 4. The van der Waals surface area contributed by atoms with Gasteiger partial charge in [0.25, 0.3) is 0 Å². The van der Waals surface area contributed by atoms with Crippen LogP contribution in [0.15, 0.2) is 85.1 Å². The quantitative estimate of drug-likeness (QED) is 0.0146. The molecule has 516 valence electrons. The van der Waals surface area contributed by atoms with Gasteiger partial charge in [-0.1, -0.05) is 254 Å². The zero-order valence-corrected chi connectivity index (χ0v) is 57.6. The van der Waals surface area contributed by atoms with E-state index < -0.39 is 91.5 Å². The summed E-state index contributed by atoms with van der Waals surface area (Å²) in [5, 5.41) is 20.5. The number of esters is 3. The van der Waals surface area contributed by atoms with E-state index in [9.17, 15) is 43.5 Å². The van der Waals surface area contributed by atoms with Crippen LogP contribution in [0.2, 0.25) is 0 Å². The molecule has 0 fully saturated rings. The maximum absolute atomic E-state index is 12.8. The van der Waals surface area contributed by atoms with Crippen LogP contribution >= 0.6 is 15.6 Å². The Hall–Kier alpha value is -3.27. The molecule has 0 spiro atoms. The summed E-state index contributed by atoms with van der Waals surface area (Å²) in [7, 11) is -9.76. The van der Waals surface area contributed by atoms with Gasteiger partial charge in [0.05, 0.1) is 26.4 Å². The molecule has 89 heavy (non-hydrogen) atoms. The van der Waals surface area contributed by atoms with Crippen molar-refractivity contribution in [3.05, 3.63) is 85.1 Å². The molecule has 0 aliphatic rings. The summed E-state index contributed by atoms with van der Waals surface area (Å²) in [6.07, 6.45) is 69.7. The summed E-state index contributed by atoms with van der Waals surface area (Å²) < 4.78 is 60.7. The largest absolute Gasteiger partial charge is 0.472 e. The second-order valence-electron chi connectivity index (χ2n) is 23.3. The summed E-state index contributed by atoms with van der Waals surface area (Å²) in [5.41, 5.74) is 0. The van der Waals surface area contributed by atoms with E-state index in [1.807, 2.05) is 0 Å². The van der Waals surface area contributed by atoms with E-state index in [2.05, 4.69) is 106 Å². The lowest BCUT2D eigenvalue weighted by molar-refractivity contribution is -0.161. The molecule has 0 bridgehead atoms. The number of allylic oxidation sites excluding steroid dienone is 14. The number of aliphatic hydroxyl groups is 2. The Morgan fingerprint density at radius 2 is 0.596 bits per heavy atom. The van der Waals surface area contributed by atoms with Crippen LogP contribution in [0.25, 0.3) is 0 Å². The molecular formula is C71H126O16P2. The molecule has 0 aliphatic carbocycles. The number of aliphatic hydroxyl groups excluding tert-OH is 2. The fraction of sp³-hybridized carbons (Fsp3) is 0.761. The Kier molecular flexibility index (Phi) is 62.4. The number of rotatable bonds is 66. The standard InChI is InChI=1S/C71H126O16P2/c1-4-7-10-13-16-19-22-23-24-25-26-27-28-29-30-31-32-33-34-35-36-37-38-39-40-41-44-46-48-51-54-57-69(74)81-60-66(72)61-83-88(77,78)84-62-67(73)63-85-89(79,80)86-65-68(87-71(76)59-56-53-50-47-43-21-18-15-12-9-6-3)64-82-70(75)58-55-52-49-45-42-20-17-14-11-8-5-2/h7,10,14-19,23-24,26-27,29-30,66-68,72-73H,4-6,8-9,11-13,20-22,25,28,31-65H2,1-3H3,(H,77,78)(H,79,80)/b10-7-,17-14-,18-15-,19-16-,24-23-,27-26-,30-29-. The first-order valence-corrected chi connectivity index (χ1v) is 37.9. The van der Waals surface area contributed by atoms with Crippen molar-refractivity contribution in [2.24, 2.45) is 0 Å². The van der Waals surface area contributed by atoms with Crippen molar-refractivity contribution >= 4 is 33.6 Å². The molecule has 0 rings (SSSR count). The number of carbonyl (C=O) groups excluding carboxylic acids is 3. The highest BCUT2D eigenvalue weighted by Gasteiger charge is 2.29. The Morgan fingerprint density at radius 1 is 0.326 bits per heavy atom. The summed E-state index contributed by atoms with van der Waals surface area (Å²) in [6.45, 7) is 2.46. The highest BCUT2D eigenvalue weighted by molar-refractivity contribution is 7.47. The van der Waals surface area contributed by atoms with E-state index in [0.717, 1.165) is 128 Å². The molecule has 0 heterocycles. The number of phosphoric acid groups is 2. The van der Waals surface area contributed by atoms with Crippen LogP contribution in [0.3, 0.4) is 0 Å². The molecule has 5 unspecified atom stereocenters. The first-order chi connectivity index (χ1) is 43.2. The third kappa shape index (κ3) is 66.0. The molecule has 0 aliphatic heterocycles. The van der Waals surface area contributed by atoms with Gasteiger partial charge in [0.15, 0.2) is 6.10 Å². The highest BCUT2D eigenvalue weighted by Crippen LogP contribution is 2.45. The monoisotopic (exact) mass is 1300 g/mol. The van der Waals surface area contributed by atoms with E-state index in [1.165, 1.54) is 103 Å². The fourth-order valence-electron chi connectivity index (χ4n) is 9.21. The zero-order valence-electron chi connectivity index (χ0n) is 55.8. The zero-order chi connectivity index (χ0) is 65.3. The molecule has 5 atom stereocenters. The summed E-state index contributed by atoms with van der Waals surface area (Å²) in [6, 6.07) is 0. The lowest BCUT2D eigenvalue weighted by atomic mass is 10.0. The van der Waals surface area contributed by atoms with Crippen molar-refractivity contribution in [2.75, 3.05) is 39.6 Å². The van der Waals surface area contributed by atoms with Crippen molar-refractivity contribution in [3.8, 4) is 0 Å². The third-order valence-electron chi connectivity index (χ3n) is 14.6. The first-order valence-electron chi connectivity index (χ1n) is 34.9. The van der Waals surface area contributed by atoms with Crippen LogP contribution in [0.5, 0.6) is 0 Å². The van der Waals surface area contributed by atoms with Gasteiger partial charge in [-0.05, 0) is 103 Å². The van der Waals surface area contributed by atoms with Crippen molar-refractivity contribution in [2.45, 2.75) is 309 Å². The minimum atomic E-state index is -4.91. The topological polar surface area (TPSA) is 231 Å². The number of hydrogen-bond acceptors (Lipinski definition) is 14. The Morgan fingerprint density at radius 3 is 0.955 bits per heavy atom. The molecule has 0 saturated carbocycles. The van der Waals surface area contributed by atoms with Gasteiger partial charge in [-0.3, -0.25) is 32.5 Å². The summed E-state index contributed by atoms with van der Waals surface area (Å²) in [4.78, 5) is 58.1. The third-order valence-corrected chi connectivity index (χ3v) is 16.5. The molecule has 0 saturated heterocycles. The van der Waals surface area contributed by atoms with E-state index >= 15 is 0 Å². The van der Waals surface area contributed by atoms with E-state index in [-0.39, 0.29) is 19.3 Å². The van der Waals surface area contributed by atoms with Crippen LogP contribution in [-0.2, 0) is 55.8 Å². The number of carbonyl (C=O) groups is 3. The molecular weight excluding hydrogens is 1170 g/mol. The minimum Gasteiger partial charge on any atom is -0.463 e. The second kappa shape index (κ2) is 64.8. The van der Waals surface area contributed by atoms with Crippen LogP contribution in [0.1, 0.15) is 290 Å². The highest BCUT2D eigenvalue weighted by atomic mass is 31.2.